The molecular formula is C28H24O2. The third-order valence-electron chi connectivity index (χ3n) is 5.11. The molecule has 4 aromatic rings. The molecule has 0 saturated heterocycles. The summed E-state index contributed by atoms with van der Waals surface area (Å²) in [5.41, 5.74) is 6.69. The van der Waals surface area contributed by atoms with Crippen LogP contribution in [0.5, 0.6) is 0 Å². The van der Waals surface area contributed by atoms with Crippen molar-refractivity contribution in [2.45, 2.75) is 12.8 Å². The van der Waals surface area contributed by atoms with E-state index in [4.69, 9.17) is 4.74 Å². The first-order valence-corrected chi connectivity index (χ1v) is 10.3. The van der Waals surface area contributed by atoms with Crippen LogP contribution in [0.2, 0.25) is 0 Å². The molecule has 2 heteroatoms. The van der Waals surface area contributed by atoms with Crippen molar-refractivity contribution in [1.29, 1.82) is 0 Å². The van der Waals surface area contributed by atoms with Gasteiger partial charge < -0.3 is 4.74 Å². The van der Waals surface area contributed by atoms with Crippen LogP contribution in [0.4, 0.5) is 0 Å². The molecule has 0 fully saturated rings. The van der Waals surface area contributed by atoms with Gasteiger partial charge in [0, 0.05) is 0 Å². The second-order valence-electron chi connectivity index (χ2n) is 7.22. The summed E-state index contributed by atoms with van der Waals surface area (Å²) in [7, 11) is 0. The van der Waals surface area contributed by atoms with E-state index in [1.807, 2.05) is 30.3 Å². The maximum absolute atomic E-state index is 12.1. The summed E-state index contributed by atoms with van der Waals surface area (Å²) in [5.74, 6) is -0.264. The van der Waals surface area contributed by atoms with E-state index in [1.165, 1.54) is 27.8 Å². The van der Waals surface area contributed by atoms with Crippen LogP contribution in [-0.2, 0) is 11.2 Å². The molecule has 4 rings (SSSR count). The van der Waals surface area contributed by atoms with Crippen molar-refractivity contribution >= 4 is 5.97 Å². The molecule has 0 heterocycles. The molecule has 0 atom stereocenters. The van der Waals surface area contributed by atoms with Crippen molar-refractivity contribution in [3.8, 4) is 22.3 Å². The highest BCUT2D eigenvalue weighted by molar-refractivity contribution is 5.89. The highest BCUT2D eigenvalue weighted by atomic mass is 16.5. The first kappa shape index (κ1) is 19.7. The normalized spacial score (nSPS) is 10.5. The van der Waals surface area contributed by atoms with Gasteiger partial charge in [0.15, 0.2) is 0 Å². The van der Waals surface area contributed by atoms with E-state index < -0.39 is 0 Å². The number of carbonyl (C=O) groups is 1. The molecule has 0 N–H and O–H groups in total. The van der Waals surface area contributed by atoms with Gasteiger partial charge in [0.1, 0.15) is 0 Å². The van der Waals surface area contributed by atoms with E-state index >= 15 is 0 Å². The van der Waals surface area contributed by atoms with E-state index in [1.54, 1.807) is 12.1 Å². The van der Waals surface area contributed by atoms with Crippen LogP contribution in [-0.4, -0.2) is 12.6 Å². The summed E-state index contributed by atoms with van der Waals surface area (Å²) in [6.07, 6.45) is 1.65. The number of esters is 1. The smallest absolute Gasteiger partial charge is 0.338 e. The van der Waals surface area contributed by atoms with Gasteiger partial charge in [-0.15, -0.1) is 0 Å². The maximum atomic E-state index is 12.1. The zero-order chi connectivity index (χ0) is 20.6. The zero-order valence-corrected chi connectivity index (χ0v) is 16.8. The fourth-order valence-electron chi connectivity index (χ4n) is 3.57. The average Bonchev–Trinajstić information content (AvgIpc) is 2.83. The molecule has 0 aromatic heterocycles. The van der Waals surface area contributed by atoms with Crippen LogP contribution >= 0.6 is 0 Å². The van der Waals surface area contributed by atoms with Gasteiger partial charge in [-0.25, -0.2) is 4.79 Å². The van der Waals surface area contributed by atoms with Crippen LogP contribution in [0.25, 0.3) is 22.3 Å². The Morgan fingerprint density at radius 1 is 0.633 bits per heavy atom. The molecule has 2 nitrogen and oxygen atoms in total. The van der Waals surface area contributed by atoms with E-state index in [9.17, 15) is 4.79 Å². The van der Waals surface area contributed by atoms with E-state index in [0.29, 0.717) is 12.2 Å². The minimum absolute atomic E-state index is 0.264. The molecule has 0 aliphatic heterocycles. The van der Waals surface area contributed by atoms with Crippen molar-refractivity contribution in [3.05, 3.63) is 120 Å². The molecule has 4 aromatic carbocycles. The first-order valence-electron chi connectivity index (χ1n) is 10.3. The highest BCUT2D eigenvalue weighted by Gasteiger charge is 2.09. The Bertz CT molecular complexity index is 1090. The van der Waals surface area contributed by atoms with Gasteiger partial charge in [-0.2, -0.15) is 0 Å². The number of rotatable bonds is 7. The summed E-state index contributed by atoms with van der Waals surface area (Å²) in [6, 6.07) is 36.7. The van der Waals surface area contributed by atoms with Crippen molar-refractivity contribution in [2.75, 3.05) is 6.61 Å². The van der Waals surface area contributed by atoms with E-state index in [2.05, 4.69) is 66.7 Å². The summed E-state index contributed by atoms with van der Waals surface area (Å²) < 4.78 is 5.42. The lowest BCUT2D eigenvalue weighted by Crippen LogP contribution is -2.06. The van der Waals surface area contributed by atoms with Crippen LogP contribution < -0.4 is 0 Å². The quantitative estimate of drug-likeness (QED) is 0.255. The van der Waals surface area contributed by atoms with E-state index in [-0.39, 0.29) is 5.97 Å². The first-order chi connectivity index (χ1) is 14.8. The highest BCUT2D eigenvalue weighted by Crippen LogP contribution is 2.33. The molecule has 0 amide bonds. The summed E-state index contributed by atoms with van der Waals surface area (Å²) >= 11 is 0. The Kier molecular flexibility index (Phi) is 6.36. The minimum Gasteiger partial charge on any atom is -0.462 e. The lowest BCUT2D eigenvalue weighted by Gasteiger charge is -2.13. The van der Waals surface area contributed by atoms with Crippen LogP contribution in [0.1, 0.15) is 22.3 Å². The molecule has 148 valence electrons. The number of ether oxygens (including phenoxy) is 1. The standard InChI is InChI=1S/C28H24O2/c29-28(25-16-8-3-9-17-25)30-20-10-11-22-18-19-26(23-12-4-1-5-13-23)27(21-22)24-14-6-2-7-15-24/h1-9,12-19,21H,10-11,20H2. The third kappa shape index (κ3) is 4.84. The molecule has 0 radical (unpaired) electrons. The zero-order valence-electron chi connectivity index (χ0n) is 16.8. The SMILES string of the molecule is O=C(OCCCc1ccc(-c2ccccc2)c(-c2ccccc2)c1)c1ccccc1. The number of hydrogen-bond acceptors (Lipinski definition) is 2. The topological polar surface area (TPSA) is 26.3 Å². The van der Waals surface area contributed by atoms with Gasteiger partial charge in [0.2, 0.25) is 0 Å². The summed E-state index contributed by atoms with van der Waals surface area (Å²) in [6.45, 7) is 0.412. The van der Waals surface area contributed by atoms with Crippen LogP contribution in [0.15, 0.2) is 109 Å². The number of hydrogen-bond donors (Lipinski definition) is 0. The van der Waals surface area contributed by atoms with Crippen molar-refractivity contribution < 1.29 is 9.53 Å². The van der Waals surface area contributed by atoms with Gasteiger partial charge in [0.25, 0.3) is 0 Å². The van der Waals surface area contributed by atoms with Crippen LogP contribution in [0, 0.1) is 0 Å². The Balaban J connectivity index is 1.47. The predicted molar refractivity (Wildman–Crippen MR) is 122 cm³/mol. The Morgan fingerprint density at radius 2 is 1.20 bits per heavy atom. The molecule has 0 unspecified atom stereocenters. The maximum Gasteiger partial charge on any atom is 0.338 e. The number of aryl methyl sites for hydroxylation is 1. The van der Waals surface area contributed by atoms with Gasteiger partial charge >= 0.3 is 5.97 Å². The monoisotopic (exact) mass is 392 g/mol. The number of carbonyl (C=O) groups excluding carboxylic acids is 1. The lowest BCUT2D eigenvalue weighted by molar-refractivity contribution is 0.0500. The lowest BCUT2D eigenvalue weighted by atomic mass is 9.92. The fourth-order valence-corrected chi connectivity index (χ4v) is 3.57. The predicted octanol–water partition coefficient (Wildman–Crippen LogP) is 6.81. The second kappa shape index (κ2) is 9.71. The second-order valence-corrected chi connectivity index (χ2v) is 7.22. The van der Waals surface area contributed by atoms with Gasteiger partial charge in [0.05, 0.1) is 12.2 Å². The molecule has 0 spiro atoms. The molecule has 0 aliphatic rings. The average molecular weight is 392 g/mol. The Morgan fingerprint density at radius 3 is 1.83 bits per heavy atom. The Labute approximate surface area is 177 Å². The summed E-state index contributed by atoms with van der Waals surface area (Å²) in [5, 5.41) is 0. The Hall–Kier alpha value is -3.65. The summed E-state index contributed by atoms with van der Waals surface area (Å²) in [4.78, 5) is 12.1. The van der Waals surface area contributed by atoms with Crippen molar-refractivity contribution in [2.24, 2.45) is 0 Å². The molecule has 0 aliphatic carbocycles. The molecule has 0 bridgehead atoms. The fraction of sp³-hybridized carbons (Fsp3) is 0.107. The van der Waals surface area contributed by atoms with Gasteiger partial charge in [-0.3, -0.25) is 0 Å². The van der Waals surface area contributed by atoms with Crippen molar-refractivity contribution in [1.82, 2.24) is 0 Å². The molecular weight excluding hydrogens is 368 g/mol. The van der Waals surface area contributed by atoms with Crippen LogP contribution in [0.3, 0.4) is 0 Å². The van der Waals surface area contributed by atoms with Gasteiger partial charge in [-0.05, 0) is 52.8 Å². The van der Waals surface area contributed by atoms with E-state index in [0.717, 1.165) is 12.8 Å². The van der Waals surface area contributed by atoms with Gasteiger partial charge in [-0.1, -0.05) is 97.1 Å². The minimum atomic E-state index is -0.264. The molecule has 30 heavy (non-hydrogen) atoms. The number of benzene rings is 4. The van der Waals surface area contributed by atoms with Crippen molar-refractivity contribution in [3.63, 3.8) is 0 Å². The molecule has 0 saturated carbocycles. The largest absolute Gasteiger partial charge is 0.462 e. The third-order valence-corrected chi connectivity index (χ3v) is 5.11.